The van der Waals surface area contributed by atoms with Crippen LogP contribution in [0.5, 0.6) is 0 Å². The van der Waals surface area contributed by atoms with Crippen LogP contribution in [0.15, 0.2) is 29.4 Å². The third-order valence-electron chi connectivity index (χ3n) is 3.19. The van der Waals surface area contributed by atoms with Crippen LogP contribution >= 0.6 is 0 Å². The maximum Gasteiger partial charge on any atom is 0.230 e. The van der Waals surface area contributed by atoms with Crippen molar-refractivity contribution in [1.29, 1.82) is 0 Å². The van der Waals surface area contributed by atoms with Gasteiger partial charge < -0.3 is 10.5 Å². The quantitative estimate of drug-likeness (QED) is 0.488. The molecule has 0 aliphatic heterocycles. The summed E-state index contributed by atoms with van der Waals surface area (Å²) in [6.45, 7) is 7.51. The van der Waals surface area contributed by atoms with Crippen LogP contribution in [0.4, 0.5) is 5.69 Å². The van der Waals surface area contributed by atoms with Gasteiger partial charge in [0.1, 0.15) is 0 Å². The van der Waals surface area contributed by atoms with Gasteiger partial charge in [-0.15, -0.1) is 0 Å². The van der Waals surface area contributed by atoms with Crippen molar-refractivity contribution in [1.82, 2.24) is 0 Å². The Morgan fingerprint density at radius 2 is 2.11 bits per heavy atom. The van der Waals surface area contributed by atoms with Crippen molar-refractivity contribution in [3.8, 4) is 0 Å². The lowest BCUT2D eigenvalue weighted by atomic mass is 9.89. The van der Waals surface area contributed by atoms with Crippen LogP contribution in [0.3, 0.4) is 0 Å². The van der Waals surface area contributed by atoms with Crippen LogP contribution in [-0.2, 0) is 4.79 Å². The van der Waals surface area contributed by atoms with E-state index < -0.39 is 5.41 Å². The van der Waals surface area contributed by atoms with Gasteiger partial charge in [-0.2, -0.15) is 0 Å². The maximum absolute atomic E-state index is 12.0. The molecule has 0 atom stereocenters. The van der Waals surface area contributed by atoms with Gasteiger partial charge in [0, 0.05) is 16.7 Å². The van der Waals surface area contributed by atoms with E-state index in [0.717, 1.165) is 12.0 Å². The van der Waals surface area contributed by atoms with E-state index in [9.17, 15) is 4.79 Å². The summed E-state index contributed by atoms with van der Waals surface area (Å²) in [6.07, 6.45) is 0.773. The van der Waals surface area contributed by atoms with Crippen LogP contribution in [-0.4, -0.2) is 16.8 Å². The third kappa shape index (κ3) is 3.32. The minimum atomic E-state index is -0.393. The van der Waals surface area contributed by atoms with Crippen LogP contribution in [0.1, 0.15) is 39.7 Å². The number of carbonyl (C=O) groups is 1. The van der Waals surface area contributed by atoms with Gasteiger partial charge >= 0.3 is 0 Å². The summed E-state index contributed by atoms with van der Waals surface area (Å²) in [7, 11) is 0. The van der Waals surface area contributed by atoms with Crippen LogP contribution < -0.4 is 5.32 Å². The van der Waals surface area contributed by atoms with Gasteiger partial charge in [-0.1, -0.05) is 38.1 Å². The molecule has 0 aliphatic carbocycles. The maximum atomic E-state index is 12.0. The number of hydrogen-bond acceptors (Lipinski definition) is 3. The lowest BCUT2D eigenvalue weighted by molar-refractivity contribution is -0.124. The Kier molecular flexibility index (Phi) is 4.48. The zero-order chi connectivity index (χ0) is 13.8. The molecule has 0 aromatic heterocycles. The minimum absolute atomic E-state index is 0.0132. The molecule has 98 valence electrons. The number of hydrogen-bond donors (Lipinski definition) is 2. The number of benzene rings is 1. The Hall–Kier alpha value is -1.84. The van der Waals surface area contributed by atoms with Gasteiger partial charge in [0.05, 0.1) is 5.71 Å². The van der Waals surface area contributed by atoms with E-state index in [1.165, 1.54) is 0 Å². The number of nitrogens with one attached hydrogen (secondary N) is 1. The summed E-state index contributed by atoms with van der Waals surface area (Å²) in [5, 5.41) is 14.8. The highest BCUT2D eigenvalue weighted by atomic mass is 16.4. The summed E-state index contributed by atoms with van der Waals surface area (Å²) in [6, 6.07) is 7.25. The zero-order valence-corrected chi connectivity index (χ0v) is 11.3. The molecule has 1 amide bonds. The Morgan fingerprint density at radius 3 is 2.67 bits per heavy atom. The lowest BCUT2D eigenvalue weighted by Gasteiger charge is -2.21. The fraction of sp³-hybridized carbons (Fsp3) is 0.429. The first-order chi connectivity index (χ1) is 8.40. The van der Waals surface area contributed by atoms with Crippen LogP contribution in [0.25, 0.3) is 0 Å². The number of carbonyl (C=O) groups excluding carboxylic acids is 1. The Labute approximate surface area is 108 Å². The largest absolute Gasteiger partial charge is 0.411 e. The standard InChI is InChI=1S/C14H20N2O2/c1-5-14(3,4)13(17)15-12-8-6-7-11(9-12)10(2)16-18/h6-9,18H,5H2,1-4H3,(H,15,17). The Balaban J connectivity index is 2.90. The normalized spacial score (nSPS) is 12.3. The van der Waals surface area contributed by atoms with Gasteiger partial charge in [-0.3, -0.25) is 4.79 Å². The average molecular weight is 248 g/mol. The molecule has 4 heteroatoms. The van der Waals surface area contributed by atoms with Crippen LogP contribution in [0.2, 0.25) is 0 Å². The molecule has 0 bridgehead atoms. The van der Waals surface area contributed by atoms with Gasteiger partial charge in [-0.05, 0) is 25.5 Å². The number of rotatable bonds is 4. The summed E-state index contributed by atoms with van der Waals surface area (Å²) < 4.78 is 0. The van der Waals surface area contributed by atoms with Gasteiger partial charge in [-0.25, -0.2) is 0 Å². The fourth-order valence-electron chi connectivity index (χ4n) is 1.34. The molecule has 1 rings (SSSR count). The van der Waals surface area contributed by atoms with E-state index in [0.29, 0.717) is 11.4 Å². The molecule has 18 heavy (non-hydrogen) atoms. The SMILES string of the molecule is CCC(C)(C)C(=O)Nc1cccc(C(C)=NO)c1. The van der Waals surface area contributed by atoms with Crippen molar-refractivity contribution in [2.45, 2.75) is 34.1 Å². The average Bonchev–Trinajstić information content (AvgIpc) is 2.38. The molecule has 1 aromatic carbocycles. The summed E-state index contributed by atoms with van der Waals surface area (Å²) in [5.74, 6) is -0.0132. The summed E-state index contributed by atoms with van der Waals surface area (Å²) >= 11 is 0. The lowest BCUT2D eigenvalue weighted by Crippen LogP contribution is -2.30. The topological polar surface area (TPSA) is 61.7 Å². The molecule has 0 aliphatic rings. The molecule has 0 radical (unpaired) electrons. The molecule has 0 heterocycles. The van der Waals surface area contributed by atoms with Crippen LogP contribution in [0, 0.1) is 5.41 Å². The van der Waals surface area contributed by atoms with Crippen molar-refractivity contribution in [2.75, 3.05) is 5.32 Å². The van der Waals surface area contributed by atoms with Crippen molar-refractivity contribution >= 4 is 17.3 Å². The van der Waals surface area contributed by atoms with Gasteiger partial charge in [0.25, 0.3) is 0 Å². The van der Waals surface area contributed by atoms with Crippen molar-refractivity contribution in [3.63, 3.8) is 0 Å². The molecule has 0 fully saturated rings. The predicted molar refractivity (Wildman–Crippen MR) is 73.1 cm³/mol. The van der Waals surface area contributed by atoms with Crippen molar-refractivity contribution < 1.29 is 10.0 Å². The van der Waals surface area contributed by atoms with E-state index in [4.69, 9.17) is 5.21 Å². The molecular weight excluding hydrogens is 228 g/mol. The minimum Gasteiger partial charge on any atom is -0.411 e. The molecule has 0 unspecified atom stereocenters. The van der Waals surface area contributed by atoms with E-state index in [2.05, 4.69) is 10.5 Å². The highest BCUT2D eigenvalue weighted by molar-refractivity contribution is 6.00. The molecule has 0 spiro atoms. The molecule has 0 saturated heterocycles. The highest BCUT2D eigenvalue weighted by Crippen LogP contribution is 2.22. The summed E-state index contributed by atoms with van der Waals surface area (Å²) in [4.78, 5) is 12.0. The molecule has 0 saturated carbocycles. The number of amides is 1. The van der Waals surface area contributed by atoms with E-state index >= 15 is 0 Å². The number of anilines is 1. The van der Waals surface area contributed by atoms with E-state index in [1.807, 2.05) is 39.0 Å². The van der Waals surface area contributed by atoms with Crippen molar-refractivity contribution in [3.05, 3.63) is 29.8 Å². The second-order valence-electron chi connectivity index (χ2n) is 4.96. The third-order valence-corrected chi connectivity index (χ3v) is 3.19. The summed E-state index contributed by atoms with van der Waals surface area (Å²) in [5.41, 5.74) is 1.61. The zero-order valence-electron chi connectivity index (χ0n) is 11.3. The first kappa shape index (κ1) is 14.2. The fourth-order valence-corrected chi connectivity index (χ4v) is 1.34. The Bertz CT molecular complexity index is 465. The van der Waals surface area contributed by atoms with Gasteiger partial charge in [0.2, 0.25) is 5.91 Å². The highest BCUT2D eigenvalue weighted by Gasteiger charge is 2.25. The first-order valence-electron chi connectivity index (χ1n) is 6.01. The Morgan fingerprint density at radius 1 is 1.44 bits per heavy atom. The second kappa shape index (κ2) is 5.67. The second-order valence-corrected chi connectivity index (χ2v) is 4.96. The number of oxime groups is 1. The van der Waals surface area contributed by atoms with E-state index in [1.54, 1.807) is 13.0 Å². The molecular formula is C14H20N2O2. The van der Waals surface area contributed by atoms with Gasteiger partial charge in [0.15, 0.2) is 0 Å². The first-order valence-corrected chi connectivity index (χ1v) is 6.01. The van der Waals surface area contributed by atoms with E-state index in [-0.39, 0.29) is 5.91 Å². The molecule has 2 N–H and O–H groups in total. The predicted octanol–water partition coefficient (Wildman–Crippen LogP) is 3.26. The number of nitrogens with zero attached hydrogens (tertiary/aromatic N) is 1. The molecule has 4 nitrogen and oxygen atoms in total. The molecule has 1 aromatic rings. The smallest absolute Gasteiger partial charge is 0.230 e. The van der Waals surface area contributed by atoms with Crippen molar-refractivity contribution in [2.24, 2.45) is 10.6 Å². The monoisotopic (exact) mass is 248 g/mol.